The number of carbonyl (C=O) groups excluding carboxylic acids is 1. The van der Waals surface area contributed by atoms with Crippen molar-refractivity contribution in [3.63, 3.8) is 0 Å². The predicted molar refractivity (Wildman–Crippen MR) is 49.8 cm³/mol. The van der Waals surface area contributed by atoms with Crippen molar-refractivity contribution in [2.45, 2.75) is 6.92 Å². The van der Waals surface area contributed by atoms with Crippen molar-refractivity contribution < 1.29 is 4.79 Å². The van der Waals surface area contributed by atoms with Crippen molar-refractivity contribution >= 4 is 13.2 Å². The molecule has 0 aromatic rings. The molecule has 0 saturated heterocycles. The molecular formula is C7H14BN3O. The van der Waals surface area contributed by atoms with Gasteiger partial charge < -0.3 is 15.0 Å². The van der Waals surface area contributed by atoms with E-state index in [2.05, 4.69) is 5.32 Å². The molecule has 0 aliphatic carbocycles. The van der Waals surface area contributed by atoms with Gasteiger partial charge in [0.25, 0.3) is 0 Å². The highest BCUT2D eigenvalue weighted by Gasteiger charge is 2.13. The summed E-state index contributed by atoms with van der Waals surface area (Å²) in [5, 5.41) is 2.75. The molecule has 0 bridgehead atoms. The normalized spacial score (nSPS) is 15.2. The Morgan fingerprint density at radius 3 is 2.92 bits per heavy atom. The van der Waals surface area contributed by atoms with E-state index in [1.807, 2.05) is 36.1 Å². The van der Waals surface area contributed by atoms with Gasteiger partial charge in [-0.05, 0) is 6.92 Å². The fourth-order valence-corrected chi connectivity index (χ4v) is 1.13. The van der Waals surface area contributed by atoms with E-state index in [1.165, 1.54) is 0 Å². The topological polar surface area (TPSA) is 35.6 Å². The molecule has 1 amide bonds. The minimum absolute atomic E-state index is 0.0810. The summed E-state index contributed by atoms with van der Waals surface area (Å²) in [6.07, 6.45) is 3.88. The van der Waals surface area contributed by atoms with Crippen LogP contribution >= 0.6 is 0 Å². The molecule has 1 aliphatic heterocycles. The van der Waals surface area contributed by atoms with Gasteiger partial charge in [0.15, 0.2) is 5.81 Å². The van der Waals surface area contributed by atoms with Gasteiger partial charge >= 0.3 is 7.41 Å². The Hall–Kier alpha value is -1.13. The quantitative estimate of drug-likeness (QED) is 0.588. The maximum Gasteiger partial charge on any atom is 0.344 e. The standard InChI is InChI=1S/C7H14BN3O/c1-3-9-7(12)8-11-5-4-10(2)6-11/h4-5,8H,3,6H2,1-2H3,(H,9,12). The number of rotatable bonds is 3. The minimum atomic E-state index is 0.0810. The number of nitrogens with zero attached hydrogens (tertiary/aromatic N) is 2. The number of hydrogen-bond donors (Lipinski definition) is 1. The van der Waals surface area contributed by atoms with Gasteiger partial charge in [-0.1, -0.05) is 0 Å². The Morgan fingerprint density at radius 1 is 1.67 bits per heavy atom. The van der Waals surface area contributed by atoms with E-state index in [9.17, 15) is 4.79 Å². The third kappa shape index (κ3) is 2.49. The molecule has 0 aromatic carbocycles. The SMILES string of the molecule is CCNC(=O)BN1C=CN(C)C1. The van der Waals surface area contributed by atoms with Gasteiger partial charge in [0.1, 0.15) is 0 Å². The highest BCUT2D eigenvalue weighted by Crippen LogP contribution is 2.00. The zero-order valence-corrected chi connectivity index (χ0v) is 7.58. The lowest BCUT2D eigenvalue weighted by atomic mass is 9.91. The van der Waals surface area contributed by atoms with Crippen molar-refractivity contribution in [2.24, 2.45) is 0 Å². The predicted octanol–water partition coefficient (Wildman–Crippen LogP) is -0.256. The van der Waals surface area contributed by atoms with Crippen LogP contribution in [0, 0.1) is 0 Å². The molecule has 5 heteroatoms. The van der Waals surface area contributed by atoms with Crippen molar-refractivity contribution in [3.05, 3.63) is 12.4 Å². The first-order valence-electron chi connectivity index (χ1n) is 4.11. The summed E-state index contributed by atoms with van der Waals surface area (Å²) in [7, 11) is 2.43. The zero-order chi connectivity index (χ0) is 8.97. The van der Waals surface area contributed by atoms with Gasteiger partial charge in [0, 0.05) is 26.0 Å². The summed E-state index contributed by atoms with van der Waals surface area (Å²) in [6, 6.07) is 0. The van der Waals surface area contributed by atoms with E-state index in [0.29, 0.717) is 14.0 Å². The van der Waals surface area contributed by atoms with Crippen molar-refractivity contribution in [1.82, 2.24) is 15.0 Å². The van der Waals surface area contributed by atoms with Crippen LogP contribution in [0.4, 0.5) is 4.79 Å². The fraction of sp³-hybridized carbons (Fsp3) is 0.571. The molecule has 0 unspecified atom stereocenters. The summed E-state index contributed by atoms with van der Waals surface area (Å²) in [4.78, 5) is 15.1. The number of nitrogens with one attached hydrogen (secondary N) is 1. The van der Waals surface area contributed by atoms with E-state index in [0.717, 1.165) is 6.67 Å². The summed E-state index contributed by atoms with van der Waals surface area (Å²) in [5.41, 5.74) is 0. The van der Waals surface area contributed by atoms with Gasteiger partial charge in [0.2, 0.25) is 0 Å². The second-order valence-corrected chi connectivity index (χ2v) is 2.90. The Labute approximate surface area is 73.5 Å². The number of hydrogen-bond acceptors (Lipinski definition) is 3. The largest absolute Gasteiger partial charge is 0.398 e. The molecule has 0 spiro atoms. The van der Waals surface area contributed by atoms with Crippen molar-refractivity contribution in [2.75, 3.05) is 20.3 Å². The third-order valence-corrected chi connectivity index (χ3v) is 1.66. The molecule has 1 N–H and O–H groups in total. The van der Waals surface area contributed by atoms with E-state index >= 15 is 0 Å². The summed E-state index contributed by atoms with van der Waals surface area (Å²) < 4.78 is 0. The molecule has 0 aromatic heterocycles. The molecule has 1 aliphatic rings. The van der Waals surface area contributed by atoms with Gasteiger partial charge in [0.05, 0.1) is 6.67 Å². The fourth-order valence-electron chi connectivity index (χ4n) is 1.13. The van der Waals surface area contributed by atoms with Crippen LogP contribution in [0.2, 0.25) is 0 Å². The molecule has 66 valence electrons. The number of amides is 1. The molecule has 4 nitrogen and oxygen atoms in total. The van der Waals surface area contributed by atoms with Crippen LogP contribution in [-0.2, 0) is 0 Å². The van der Waals surface area contributed by atoms with Crippen LogP contribution in [0.1, 0.15) is 6.92 Å². The Kier molecular flexibility index (Phi) is 3.02. The molecule has 0 atom stereocenters. The highest BCUT2D eigenvalue weighted by molar-refractivity contribution is 6.71. The second-order valence-electron chi connectivity index (χ2n) is 2.90. The van der Waals surface area contributed by atoms with Crippen LogP contribution in [0.5, 0.6) is 0 Å². The lowest BCUT2D eigenvalue weighted by Crippen LogP contribution is -2.37. The first-order valence-corrected chi connectivity index (χ1v) is 4.11. The van der Waals surface area contributed by atoms with Crippen molar-refractivity contribution in [3.8, 4) is 0 Å². The summed E-state index contributed by atoms with van der Waals surface area (Å²) in [5.74, 6) is 0.0810. The maximum atomic E-state index is 11.1. The van der Waals surface area contributed by atoms with Crippen LogP contribution in [0.3, 0.4) is 0 Å². The Bertz CT molecular complexity index is 195. The molecule has 1 heterocycles. The van der Waals surface area contributed by atoms with Crippen molar-refractivity contribution in [1.29, 1.82) is 0 Å². The minimum Gasteiger partial charge on any atom is -0.398 e. The maximum absolute atomic E-state index is 11.1. The molecule has 0 radical (unpaired) electrons. The lowest BCUT2D eigenvalue weighted by Gasteiger charge is -2.16. The zero-order valence-electron chi connectivity index (χ0n) is 7.58. The van der Waals surface area contributed by atoms with Gasteiger partial charge in [-0.2, -0.15) is 0 Å². The smallest absolute Gasteiger partial charge is 0.344 e. The van der Waals surface area contributed by atoms with Crippen LogP contribution in [0.15, 0.2) is 12.4 Å². The lowest BCUT2D eigenvalue weighted by molar-refractivity contribution is 0.257. The first kappa shape index (κ1) is 8.97. The number of carbonyl (C=O) groups is 1. The molecule has 1 rings (SSSR count). The summed E-state index contributed by atoms with van der Waals surface area (Å²) >= 11 is 0. The van der Waals surface area contributed by atoms with Crippen LogP contribution < -0.4 is 5.32 Å². The van der Waals surface area contributed by atoms with Gasteiger partial charge in [-0.15, -0.1) is 0 Å². The highest BCUT2D eigenvalue weighted by atomic mass is 16.1. The van der Waals surface area contributed by atoms with Crippen LogP contribution in [-0.4, -0.2) is 43.2 Å². The van der Waals surface area contributed by atoms with Crippen LogP contribution in [0.25, 0.3) is 0 Å². The van der Waals surface area contributed by atoms with Gasteiger partial charge in [-0.3, -0.25) is 4.79 Å². The Balaban J connectivity index is 2.24. The molecule has 0 saturated carbocycles. The summed E-state index contributed by atoms with van der Waals surface area (Å²) in [6.45, 7) is 3.42. The molecule has 0 fully saturated rings. The monoisotopic (exact) mass is 167 g/mol. The molecular weight excluding hydrogens is 153 g/mol. The first-order chi connectivity index (χ1) is 5.72. The van der Waals surface area contributed by atoms with E-state index in [4.69, 9.17) is 0 Å². The average molecular weight is 167 g/mol. The van der Waals surface area contributed by atoms with E-state index < -0.39 is 0 Å². The Morgan fingerprint density at radius 2 is 2.42 bits per heavy atom. The van der Waals surface area contributed by atoms with Gasteiger partial charge in [-0.25, -0.2) is 0 Å². The average Bonchev–Trinajstić information content (AvgIpc) is 2.36. The van der Waals surface area contributed by atoms with E-state index in [1.54, 1.807) is 0 Å². The third-order valence-electron chi connectivity index (χ3n) is 1.66. The second kappa shape index (κ2) is 4.04. The van der Waals surface area contributed by atoms with E-state index in [-0.39, 0.29) is 5.81 Å². The molecule has 12 heavy (non-hydrogen) atoms.